The molecule has 2 unspecified atom stereocenters. The Morgan fingerprint density at radius 2 is 2.11 bits per heavy atom. The van der Waals surface area contributed by atoms with Crippen LogP contribution in [0, 0.1) is 18.7 Å². The molecule has 2 rings (SSSR count). The summed E-state index contributed by atoms with van der Waals surface area (Å²) in [5, 5.41) is 3.01. The van der Waals surface area contributed by atoms with Crippen molar-refractivity contribution in [3.05, 3.63) is 35.1 Å². The van der Waals surface area contributed by atoms with Crippen LogP contribution in [0.4, 0.5) is 4.39 Å². The van der Waals surface area contributed by atoms with Crippen LogP contribution >= 0.6 is 11.6 Å². The maximum absolute atomic E-state index is 13.2. The Morgan fingerprint density at radius 3 is 2.79 bits per heavy atom. The molecule has 1 amide bonds. The lowest BCUT2D eigenvalue weighted by molar-refractivity contribution is 0.0943. The number of alkyl halides is 1. The standard InChI is InChI=1S/C15H19ClFNO/c1-10-6-12(8-13(17)7-10)15(19)18-9-11-4-2-3-5-14(11)16/h6-8,11,14H,2-5,9H2,1H3,(H,18,19). The lowest BCUT2D eigenvalue weighted by Crippen LogP contribution is -2.34. The molecule has 0 aromatic heterocycles. The van der Waals surface area contributed by atoms with E-state index in [-0.39, 0.29) is 17.1 Å². The lowest BCUT2D eigenvalue weighted by atomic mass is 9.88. The highest BCUT2D eigenvalue weighted by atomic mass is 35.5. The Labute approximate surface area is 118 Å². The van der Waals surface area contributed by atoms with Crippen LogP contribution < -0.4 is 5.32 Å². The smallest absolute Gasteiger partial charge is 0.251 e. The van der Waals surface area contributed by atoms with Gasteiger partial charge in [0, 0.05) is 17.5 Å². The zero-order valence-electron chi connectivity index (χ0n) is 11.1. The Morgan fingerprint density at radius 1 is 1.37 bits per heavy atom. The Bertz CT molecular complexity index is 443. The average molecular weight is 284 g/mol. The number of hydrogen-bond acceptors (Lipinski definition) is 1. The van der Waals surface area contributed by atoms with Crippen molar-refractivity contribution in [2.75, 3.05) is 6.54 Å². The van der Waals surface area contributed by atoms with Gasteiger partial charge in [0.05, 0.1) is 0 Å². The van der Waals surface area contributed by atoms with Gasteiger partial charge in [0.25, 0.3) is 5.91 Å². The molecule has 0 heterocycles. The van der Waals surface area contributed by atoms with E-state index in [9.17, 15) is 9.18 Å². The maximum Gasteiger partial charge on any atom is 0.251 e. The summed E-state index contributed by atoms with van der Waals surface area (Å²) in [5.74, 6) is -0.274. The molecule has 1 fully saturated rings. The summed E-state index contributed by atoms with van der Waals surface area (Å²) in [5.41, 5.74) is 1.12. The minimum atomic E-state index is -0.377. The van der Waals surface area contributed by atoms with Crippen LogP contribution in [0.1, 0.15) is 41.6 Å². The summed E-state index contributed by atoms with van der Waals surface area (Å²) in [6, 6.07) is 4.37. The topological polar surface area (TPSA) is 29.1 Å². The van der Waals surface area contributed by atoms with Crippen LogP contribution in [0.5, 0.6) is 0 Å². The molecule has 0 spiro atoms. The Kier molecular flexibility index (Phi) is 4.81. The molecule has 1 aliphatic rings. The summed E-state index contributed by atoms with van der Waals surface area (Å²) < 4.78 is 13.2. The fraction of sp³-hybridized carbons (Fsp3) is 0.533. The summed E-state index contributed by atoms with van der Waals surface area (Å²) in [6.45, 7) is 2.35. The average Bonchev–Trinajstić information content (AvgIpc) is 2.36. The lowest BCUT2D eigenvalue weighted by Gasteiger charge is -2.27. The van der Waals surface area contributed by atoms with E-state index in [2.05, 4.69) is 5.32 Å². The van der Waals surface area contributed by atoms with Gasteiger partial charge in [0.15, 0.2) is 0 Å². The van der Waals surface area contributed by atoms with Gasteiger partial charge in [-0.25, -0.2) is 4.39 Å². The highest BCUT2D eigenvalue weighted by molar-refractivity contribution is 6.20. The predicted octanol–water partition coefficient (Wildman–Crippen LogP) is 3.66. The first-order chi connectivity index (χ1) is 9.06. The van der Waals surface area contributed by atoms with Gasteiger partial charge in [-0.3, -0.25) is 4.79 Å². The van der Waals surface area contributed by atoms with E-state index in [1.807, 2.05) is 0 Å². The fourth-order valence-electron chi connectivity index (χ4n) is 2.59. The van der Waals surface area contributed by atoms with Crippen LogP contribution in [-0.4, -0.2) is 17.8 Å². The third-order valence-corrected chi connectivity index (χ3v) is 4.22. The van der Waals surface area contributed by atoms with E-state index in [0.717, 1.165) is 18.4 Å². The van der Waals surface area contributed by atoms with E-state index >= 15 is 0 Å². The van der Waals surface area contributed by atoms with Crippen molar-refractivity contribution in [3.63, 3.8) is 0 Å². The zero-order valence-corrected chi connectivity index (χ0v) is 11.8. The Balaban J connectivity index is 1.93. The molecule has 1 aromatic carbocycles. The molecule has 4 heteroatoms. The van der Waals surface area contributed by atoms with Crippen molar-refractivity contribution in [2.24, 2.45) is 5.92 Å². The number of halogens is 2. The van der Waals surface area contributed by atoms with Crippen molar-refractivity contribution >= 4 is 17.5 Å². The van der Waals surface area contributed by atoms with Gasteiger partial charge in [-0.2, -0.15) is 0 Å². The number of nitrogens with one attached hydrogen (secondary N) is 1. The number of amides is 1. The van der Waals surface area contributed by atoms with Gasteiger partial charge in [-0.05, 0) is 49.4 Å². The number of carbonyl (C=O) groups is 1. The van der Waals surface area contributed by atoms with Crippen molar-refractivity contribution in [2.45, 2.75) is 38.0 Å². The highest BCUT2D eigenvalue weighted by Gasteiger charge is 2.23. The molecule has 19 heavy (non-hydrogen) atoms. The molecular weight excluding hydrogens is 265 g/mol. The summed E-state index contributed by atoms with van der Waals surface area (Å²) in [7, 11) is 0. The van der Waals surface area contributed by atoms with Crippen LogP contribution in [0.25, 0.3) is 0 Å². The second-order valence-corrected chi connectivity index (χ2v) is 5.85. The number of benzene rings is 1. The van der Waals surface area contributed by atoms with Crippen molar-refractivity contribution in [1.29, 1.82) is 0 Å². The first-order valence-corrected chi connectivity index (χ1v) is 7.19. The molecule has 1 N–H and O–H groups in total. The first-order valence-electron chi connectivity index (χ1n) is 6.76. The van der Waals surface area contributed by atoms with Crippen molar-refractivity contribution < 1.29 is 9.18 Å². The van der Waals surface area contributed by atoms with Gasteiger partial charge in [-0.1, -0.05) is 12.8 Å². The van der Waals surface area contributed by atoms with Gasteiger partial charge in [0.1, 0.15) is 5.82 Å². The van der Waals surface area contributed by atoms with Gasteiger partial charge >= 0.3 is 0 Å². The van der Waals surface area contributed by atoms with Crippen LogP contribution in [0.2, 0.25) is 0 Å². The molecule has 1 aromatic rings. The second-order valence-electron chi connectivity index (χ2n) is 5.29. The largest absolute Gasteiger partial charge is 0.352 e. The third-order valence-electron chi connectivity index (χ3n) is 3.65. The molecule has 0 bridgehead atoms. The number of carbonyl (C=O) groups excluding carboxylic acids is 1. The molecule has 104 valence electrons. The van der Waals surface area contributed by atoms with Crippen molar-refractivity contribution in [3.8, 4) is 0 Å². The molecule has 1 aliphatic carbocycles. The molecular formula is C15H19ClFNO. The molecule has 0 radical (unpaired) electrons. The van der Waals surface area contributed by atoms with Crippen LogP contribution in [-0.2, 0) is 0 Å². The van der Waals surface area contributed by atoms with Crippen molar-refractivity contribution in [1.82, 2.24) is 5.32 Å². The highest BCUT2D eigenvalue weighted by Crippen LogP contribution is 2.28. The SMILES string of the molecule is Cc1cc(F)cc(C(=O)NCC2CCCCC2Cl)c1. The molecule has 2 atom stereocenters. The quantitative estimate of drug-likeness (QED) is 0.843. The zero-order chi connectivity index (χ0) is 13.8. The summed E-state index contributed by atoms with van der Waals surface area (Å²) in [4.78, 5) is 12.0. The molecule has 0 saturated heterocycles. The van der Waals surface area contributed by atoms with E-state index in [0.29, 0.717) is 18.0 Å². The van der Waals surface area contributed by atoms with Crippen LogP contribution in [0.15, 0.2) is 18.2 Å². The van der Waals surface area contributed by atoms with E-state index in [4.69, 9.17) is 11.6 Å². The molecule has 2 nitrogen and oxygen atoms in total. The number of rotatable bonds is 3. The van der Waals surface area contributed by atoms with Gasteiger partial charge in [-0.15, -0.1) is 11.6 Å². The summed E-state index contributed by atoms with van der Waals surface area (Å²) in [6.07, 6.45) is 4.41. The normalized spacial score (nSPS) is 23.1. The van der Waals surface area contributed by atoms with Crippen LogP contribution in [0.3, 0.4) is 0 Å². The summed E-state index contributed by atoms with van der Waals surface area (Å²) >= 11 is 6.25. The van der Waals surface area contributed by atoms with E-state index < -0.39 is 0 Å². The molecule has 1 saturated carbocycles. The minimum Gasteiger partial charge on any atom is -0.352 e. The van der Waals surface area contributed by atoms with E-state index in [1.54, 1.807) is 13.0 Å². The molecule has 0 aliphatic heterocycles. The fourth-order valence-corrected chi connectivity index (χ4v) is 2.96. The Hall–Kier alpha value is -1.09. The number of aryl methyl sites for hydroxylation is 1. The maximum atomic E-state index is 13.2. The monoisotopic (exact) mass is 283 g/mol. The first kappa shape index (κ1) is 14.3. The number of hydrogen-bond donors (Lipinski definition) is 1. The third kappa shape index (κ3) is 3.93. The predicted molar refractivity (Wildman–Crippen MR) is 75.1 cm³/mol. The second kappa shape index (κ2) is 6.38. The minimum absolute atomic E-state index is 0.142. The van der Waals surface area contributed by atoms with Gasteiger partial charge < -0.3 is 5.32 Å². The van der Waals surface area contributed by atoms with E-state index in [1.165, 1.54) is 25.0 Å². The van der Waals surface area contributed by atoms with Gasteiger partial charge in [0.2, 0.25) is 0 Å².